The summed E-state index contributed by atoms with van der Waals surface area (Å²) in [5.74, 6) is 0.330. The van der Waals surface area contributed by atoms with Crippen molar-refractivity contribution in [2.75, 3.05) is 5.73 Å². The summed E-state index contributed by atoms with van der Waals surface area (Å²) in [6, 6.07) is 1.98. The van der Waals surface area contributed by atoms with Crippen molar-refractivity contribution in [2.45, 2.75) is 27.3 Å². The first-order chi connectivity index (χ1) is 6.81. The fourth-order valence-corrected chi connectivity index (χ4v) is 1.24. The Morgan fingerprint density at radius 3 is 2.79 bits per heavy atom. The minimum atomic E-state index is 0.330. The Kier molecular flexibility index (Phi) is 3.45. The molecule has 2 N–H and O–H groups in total. The van der Waals surface area contributed by atoms with Gasteiger partial charge in [0.05, 0.1) is 0 Å². The quantitative estimate of drug-likeness (QED) is 0.752. The molecule has 0 aromatic carbocycles. The number of nitrogens with two attached hydrogens (primary N) is 1. The predicted molar refractivity (Wildman–Crippen MR) is 59.0 cm³/mol. The van der Waals surface area contributed by atoms with E-state index in [1.165, 1.54) is 0 Å². The maximum Gasteiger partial charge on any atom is 0.221 e. The first-order valence-corrected chi connectivity index (χ1v) is 4.88. The highest BCUT2D eigenvalue weighted by Gasteiger charge is 2.00. The molecule has 4 heteroatoms. The molecule has 4 nitrogen and oxygen atoms in total. The van der Waals surface area contributed by atoms with Crippen LogP contribution in [-0.4, -0.2) is 14.5 Å². The van der Waals surface area contributed by atoms with Gasteiger partial charge in [0.1, 0.15) is 5.65 Å². The van der Waals surface area contributed by atoms with E-state index in [-0.39, 0.29) is 0 Å². The van der Waals surface area contributed by atoms with E-state index in [1.54, 1.807) is 6.20 Å². The maximum atomic E-state index is 5.47. The second kappa shape index (κ2) is 4.60. The van der Waals surface area contributed by atoms with Crippen LogP contribution in [0.25, 0.3) is 11.0 Å². The molecule has 0 spiro atoms. The second-order valence-corrected chi connectivity index (χ2v) is 2.61. The molecule has 0 aliphatic rings. The lowest BCUT2D eigenvalue weighted by Crippen LogP contribution is -1.98. The van der Waals surface area contributed by atoms with Crippen molar-refractivity contribution in [1.82, 2.24) is 14.5 Å². The number of hydrogen-bond donors (Lipinski definition) is 1. The van der Waals surface area contributed by atoms with Crippen molar-refractivity contribution in [3.05, 3.63) is 18.5 Å². The molecule has 0 radical (unpaired) electrons. The predicted octanol–water partition coefficient (Wildman–Crippen LogP) is 2.06. The summed E-state index contributed by atoms with van der Waals surface area (Å²) >= 11 is 0. The molecule has 0 unspecified atom stereocenters. The molecule has 0 amide bonds. The van der Waals surface area contributed by atoms with Crippen LogP contribution in [0.15, 0.2) is 18.5 Å². The Labute approximate surface area is 83.8 Å². The highest BCUT2D eigenvalue weighted by molar-refractivity contribution is 5.75. The molecular weight excluding hydrogens is 176 g/mol. The van der Waals surface area contributed by atoms with Crippen molar-refractivity contribution < 1.29 is 0 Å². The zero-order valence-corrected chi connectivity index (χ0v) is 8.86. The van der Waals surface area contributed by atoms with E-state index in [0.29, 0.717) is 5.95 Å². The van der Waals surface area contributed by atoms with Gasteiger partial charge in [0, 0.05) is 24.3 Å². The lowest BCUT2D eigenvalue weighted by Gasteiger charge is -1.98. The summed E-state index contributed by atoms with van der Waals surface area (Å²) < 4.78 is 2.04. The normalized spacial score (nSPS) is 9.64. The van der Waals surface area contributed by atoms with Gasteiger partial charge in [-0.3, -0.25) is 0 Å². The standard InChI is InChI=1S/C8H10N4.C2H6/c1-2-12-4-3-6-5-10-8(9)11-7(6)12;1-2/h3-5H,2H2,1H3,(H2,9,10,11);1-2H3. The molecule has 0 fully saturated rings. The average molecular weight is 192 g/mol. The van der Waals surface area contributed by atoms with Crippen molar-refractivity contribution >= 4 is 17.0 Å². The van der Waals surface area contributed by atoms with Gasteiger partial charge in [0.2, 0.25) is 5.95 Å². The zero-order valence-electron chi connectivity index (χ0n) is 8.86. The minimum absolute atomic E-state index is 0.330. The van der Waals surface area contributed by atoms with Crippen LogP contribution < -0.4 is 5.73 Å². The lowest BCUT2D eigenvalue weighted by atomic mass is 10.4. The molecule has 2 rings (SSSR count). The molecule has 2 heterocycles. The number of fused-ring (bicyclic) bond motifs is 1. The number of aryl methyl sites for hydroxylation is 1. The van der Waals surface area contributed by atoms with Crippen molar-refractivity contribution in [1.29, 1.82) is 0 Å². The number of anilines is 1. The first kappa shape index (κ1) is 10.5. The van der Waals surface area contributed by atoms with Crippen LogP contribution in [0.3, 0.4) is 0 Å². The Morgan fingerprint density at radius 1 is 1.43 bits per heavy atom. The summed E-state index contributed by atoms with van der Waals surface area (Å²) in [6.45, 7) is 6.97. The van der Waals surface area contributed by atoms with Crippen LogP contribution >= 0.6 is 0 Å². The summed E-state index contributed by atoms with van der Waals surface area (Å²) in [5.41, 5.74) is 6.38. The molecule has 0 saturated heterocycles. The number of aromatic nitrogens is 3. The third-order valence-electron chi connectivity index (χ3n) is 1.86. The van der Waals surface area contributed by atoms with E-state index in [9.17, 15) is 0 Å². The van der Waals surface area contributed by atoms with Gasteiger partial charge < -0.3 is 10.3 Å². The zero-order chi connectivity index (χ0) is 10.6. The third kappa shape index (κ3) is 1.84. The van der Waals surface area contributed by atoms with E-state index in [1.807, 2.05) is 30.7 Å². The van der Waals surface area contributed by atoms with Gasteiger partial charge in [-0.2, -0.15) is 4.98 Å². The Morgan fingerprint density at radius 2 is 2.14 bits per heavy atom. The molecule has 14 heavy (non-hydrogen) atoms. The fraction of sp³-hybridized carbons (Fsp3) is 0.400. The topological polar surface area (TPSA) is 56.7 Å². The van der Waals surface area contributed by atoms with Gasteiger partial charge in [-0.25, -0.2) is 4.98 Å². The average Bonchev–Trinajstić information content (AvgIpc) is 2.63. The molecule has 0 atom stereocenters. The van der Waals surface area contributed by atoms with E-state index in [2.05, 4.69) is 16.9 Å². The van der Waals surface area contributed by atoms with Gasteiger partial charge in [-0.15, -0.1) is 0 Å². The summed E-state index contributed by atoms with van der Waals surface area (Å²) in [7, 11) is 0. The van der Waals surface area contributed by atoms with E-state index in [0.717, 1.165) is 17.6 Å². The van der Waals surface area contributed by atoms with Crippen LogP contribution in [0.4, 0.5) is 5.95 Å². The minimum Gasteiger partial charge on any atom is -0.368 e. The largest absolute Gasteiger partial charge is 0.368 e. The molecular formula is C10H16N4. The highest BCUT2D eigenvalue weighted by Crippen LogP contribution is 2.12. The van der Waals surface area contributed by atoms with Crippen molar-refractivity contribution in [3.63, 3.8) is 0 Å². The summed E-state index contributed by atoms with van der Waals surface area (Å²) in [4.78, 5) is 8.04. The van der Waals surface area contributed by atoms with Crippen LogP contribution in [0.2, 0.25) is 0 Å². The first-order valence-electron chi connectivity index (χ1n) is 4.88. The molecule has 0 aliphatic heterocycles. The smallest absolute Gasteiger partial charge is 0.221 e. The highest BCUT2D eigenvalue weighted by atomic mass is 15.1. The lowest BCUT2D eigenvalue weighted by molar-refractivity contribution is 0.787. The van der Waals surface area contributed by atoms with Gasteiger partial charge in [0.15, 0.2) is 0 Å². The molecule has 0 saturated carbocycles. The number of nitrogens with zero attached hydrogens (tertiary/aromatic N) is 3. The van der Waals surface area contributed by atoms with Crippen LogP contribution in [-0.2, 0) is 6.54 Å². The Bertz CT molecular complexity index is 405. The van der Waals surface area contributed by atoms with E-state index in [4.69, 9.17) is 5.73 Å². The maximum absolute atomic E-state index is 5.47. The number of rotatable bonds is 1. The Balaban J connectivity index is 0.000000461. The fourth-order valence-electron chi connectivity index (χ4n) is 1.24. The van der Waals surface area contributed by atoms with Crippen LogP contribution in [0.1, 0.15) is 20.8 Å². The molecule has 2 aromatic heterocycles. The van der Waals surface area contributed by atoms with Gasteiger partial charge in [-0.1, -0.05) is 13.8 Å². The van der Waals surface area contributed by atoms with E-state index < -0.39 is 0 Å². The van der Waals surface area contributed by atoms with E-state index >= 15 is 0 Å². The van der Waals surface area contributed by atoms with Crippen molar-refractivity contribution in [3.8, 4) is 0 Å². The number of hydrogen-bond acceptors (Lipinski definition) is 3. The number of nitrogen functional groups attached to an aromatic ring is 1. The molecule has 76 valence electrons. The van der Waals surface area contributed by atoms with Gasteiger partial charge in [-0.05, 0) is 13.0 Å². The second-order valence-electron chi connectivity index (χ2n) is 2.61. The molecule has 0 bridgehead atoms. The SMILES string of the molecule is CC.CCn1ccc2cnc(N)nc21. The summed E-state index contributed by atoms with van der Waals surface area (Å²) in [6.07, 6.45) is 3.72. The van der Waals surface area contributed by atoms with Gasteiger partial charge in [0.25, 0.3) is 0 Å². The Hall–Kier alpha value is -1.58. The van der Waals surface area contributed by atoms with Crippen molar-refractivity contribution in [2.24, 2.45) is 0 Å². The van der Waals surface area contributed by atoms with Gasteiger partial charge >= 0.3 is 0 Å². The molecule has 2 aromatic rings. The monoisotopic (exact) mass is 192 g/mol. The third-order valence-corrected chi connectivity index (χ3v) is 1.86. The van der Waals surface area contributed by atoms with Crippen LogP contribution in [0, 0.1) is 0 Å². The summed E-state index contributed by atoms with van der Waals surface area (Å²) in [5, 5.41) is 1.03. The molecule has 0 aliphatic carbocycles. The van der Waals surface area contributed by atoms with Crippen LogP contribution in [0.5, 0.6) is 0 Å².